The number of thiazole rings is 1. The molecule has 0 atom stereocenters. The summed E-state index contributed by atoms with van der Waals surface area (Å²) in [5.74, 6) is 0.805. The summed E-state index contributed by atoms with van der Waals surface area (Å²) < 4.78 is 6.18. The number of nitrogens with one attached hydrogen (secondary N) is 1. The Morgan fingerprint density at radius 3 is 2.95 bits per heavy atom. The molecule has 2 aromatic heterocycles. The Morgan fingerprint density at radius 2 is 2.19 bits per heavy atom. The molecule has 0 bridgehead atoms. The van der Waals surface area contributed by atoms with Crippen molar-refractivity contribution in [1.29, 1.82) is 0 Å². The molecule has 108 valence electrons. The first-order valence-corrected chi connectivity index (χ1v) is 7.82. The lowest BCUT2D eigenvalue weighted by atomic mass is 10.1. The Hall–Kier alpha value is -1.85. The van der Waals surface area contributed by atoms with Crippen LogP contribution in [0.5, 0.6) is 5.75 Å². The molecule has 21 heavy (non-hydrogen) atoms. The van der Waals surface area contributed by atoms with Crippen LogP contribution in [0.25, 0.3) is 10.9 Å². The zero-order chi connectivity index (χ0) is 14.7. The molecule has 0 aliphatic carbocycles. The summed E-state index contributed by atoms with van der Waals surface area (Å²) >= 11 is 7.32. The van der Waals surface area contributed by atoms with Crippen molar-refractivity contribution in [3.63, 3.8) is 0 Å². The van der Waals surface area contributed by atoms with E-state index < -0.39 is 0 Å². The molecule has 0 fully saturated rings. The van der Waals surface area contributed by atoms with Crippen molar-refractivity contribution in [3.05, 3.63) is 46.0 Å². The first-order valence-electron chi connectivity index (χ1n) is 6.62. The third-order valence-corrected chi connectivity index (χ3v) is 4.13. The van der Waals surface area contributed by atoms with Gasteiger partial charge < -0.3 is 10.1 Å². The van der Waals surface area contributed by atoms with Gasteiger partial charge in [0, 0.05) is 28.3 Å². The third kappa shape index (κ3) is 3.09. The molecule has 0 amide bonds. The highest BCUT2D eigenvalue weighted by Gasteiger charge is 2.08. The average Bonchev–Trinajstić information content (AvgIpc) is 2.92. The highest BCUT2D eigenvalue weighted by Crippen LogP contribution is 2.30. The monoisotopic (exact) mass is 319 g/mol. The van der Waals surface area contributed by atoms with Gasteiger partial charge in [-0.05, 0) is 31.2 Å². The van der Waals surface area contributed by atoms with Crippen molar-refractivity contribution >= 4 is 39.5 Å². The summed E-state index contributed by atoms with van der Waals surface area (Å²) in [5, 5.41) is 4.44. The van der Waals surface area contributed by atoms with E-state index in [0.717, 1.165) is 27.2 Å². The third-order valence-electron chi connectivity index (χ3n) is 3.01. The summed E-state index contributed by atoms with van der Waals surface area (Å²) in [6, 6.07) is 7.91. The number of hydrogen-bond acceptors (Lipinski definition) is 5. The van der Waals surface area contributed by atoms with E-state index in [1.54, 1.807) is 12.4 Å². The van der Waals surface area contributed by atoms with Gasteiger partial charge in [0.15, 0.2) is 4.47 Å². The maximum atomic E-state index is 5.85. The number of pyridine rings is 1. The van der Waals surface area contributed by atoms with Gasteiger partial charge in [-0.3, -0.25) is 4.98 Å². The summed E-state index contributed by atoms with van der Waals surface area (Å²) in [5.41, 5.74) is 1.89. The van der Waals surface area contributed by atoms with E-state index in [1.165, 1.54) is 11.3 Å². The van der Waals surface area contributed by atoms with E-state index in [1.807, 2.05) is 31.2 Å². The molecule has 1 N–H and O–H groups in total. The Balaban J connectivity index is 1.90. The van der Waals surface area contributed by atoms with E-state index in [2.05, 4.69) is 15.3 Å². The van der Waals surface area contributed by atoms with Crippen LogP contribution in [0.15, 0.2) is 36.7 Å². The maximum Gasteiger partial charge on any atom is 0.183 e. The van der Waals surface area contributed by atoms with Crippen LogP contribution in [0.2, 0.25) is 4.47 Å². The van der Waals surface area contributed by atoms with Crippen molar-refractivity contribution in [3.8, 4) is 5.75 Å². The molecule has 6 heteroatoms. The van der Waals surface area contributed by atoms with Gasteiger partial charge in [0.1, 0.15) is 11.3 Å². The second-order valence-electron chi connectivity index (χ2n) is 4.38. The topological polar surface area (TPSA) is 47.0 Å². The molecular formula is C15H14ClN3OS. The number of nitrogens with zero attached hydrogens (tertiary/aromatic N) is 2. The fraction of sp³-hybridized carbons (Fsp3) is 0.200. The Morgan fingerprint density at radius 1 is 1.29 bits per heavy atom. The second kappa shape index (κ2) is 6.28. The minimum atomic E-state index is 0.560. The fourth-order valence-electron chi connectivity index (χ4n) is 2.12. The predicted molar refractivity (Wildman–Crippen MR) is 87.4 cm³/mol. The predicted octanol–water partition coefficient (Wildman–Crippen LogP) is 4.36. The number of fused-ring (bicyclic) bond motifs is 1. The molecule has 1 aromatic carbocycles. The van der Waals surface area contributed by atoms with Crippen LogP contribution in [0.3, 0.4) is 0 Å². The van der Waals surface area contributed by atoms with Crippen LogP contribution in [0.4, 0.5) is 5.69 Å². The Kier molecular flexibility index (Phi) is 4.22. The number of ether oxygens (including phenoxy) is 1. The molecule has 2 heterocycles. The fourth-order valence-corrected chi connectivity index (χ4v) is 3.04. The first-order chi connectivity index (χ1) is 10.3. The summed E-state index contributed by atoms with van der Waals surface area (Å²) in [7, 11) is 0. The average molecular weight is 320 g/mol. The van der Waals surface area contributed by atoms with Gasteiger partial charge in [0.2, 0.25) is 0 Å². The quantitative estimate of drug-likeness (QED) is 0.759. The van der Waals surface area contributed by atoms with Crippen molar-refractivity contribution in [2.75, 3.05) is 11.9 Å². The van der Waals surface area contributed by atoms with E-state index in [-0.39, 0.29) is 0 Å². The largest absolute Gasteiger partial charge is 0.492 e. The minimum Gasteiger partial charge on any atom is -0.492 e. The van der Waals surface area contributed by atoms with E-state index in [9.17, 15) is 0 Å². The lowest BCUT2D eigenvalue weighted by Crippen LogP contribution is -2.00. The van der Waals surface area contributed by atoms with Crippen LogP contribution in [0, 0.1) is 0 Å². The number of aromatic nitrogens is 2. The Labute approximate surface area is 131 Å². The molecule has 0 saturated heterocycles. The number of halogens is 1. The van der Waals surface area contributed by atoms with Crippen LogP contribution in [0.1, 0.15) is 11.8 Å². The molecular weight excluding hydrogens is 306 g/mol. The van der Waals surface area contributed by atoms with Crippen molar-refractivity contribution in [2.45, 2.75) is 13.5 Å². The molecule has 0 spiro atoms. The smallest absolute Gasteiger partial charge is 0.183 e. The Bertz CT molecular complexity index is 760. The SMILES string of the molecule is CCOc1ccc(NCc2cnc(Cl)s2)c2cccnc12. The lowest BCUT2D eigenvalue weighted by Gasteiger charge is -2.12. The van der Waals surface area contributed by atoms with Crippen LogP contribution in [-0.2, 0) is 6.54 Å². The van der Waals surface area contributed by atoms with Crippen molar-refractivity contribution in [2.24, 2.45) is 0 Å². The van der Waals surface area contributed by atoms with E-state index in [0.29, 0.717) is 17.6 Å². The maximum absolute atomic E-state index is 5.85. The number of rotatable bonds is 5. The number of anilines is 1. The highest BCUT2D eigenvalue weighted by atomic mass is 35.5. The van der Waals surface area contributed by atoms with Crippen LogP contribution >= 0.6 is 22.9 Å². The highest BCUT2D eigenvalue weighted by molar-refractivity contribution is 7.15. The summed E-state index contributed by atoms with van der Waals surface area (Å²) in [6.45, 7) is 3.27. The van der Waals surface area contributed by atoms with Gasteiger partial charge in [0.25, 0.3) is 0 Å². The van der Waals surface area contributed by atoms with Crippen LogP contribution < -0.4 is 10.1 Å². The molecule has 3 aromatic rings. The molecule has 0 saturated carbocycles. The van der Waals surface area contributed by atoms with Gasteiger partial charge in [-0.2, -0.15) is 0 Å². The minimum absolute atomic E-state index is 0.560. The van der Waals surface area contributed by atoms with Gasteiger partial charge in [-0.15, -0.1) is 11.3 Å². The zero-order valence-corrected chi connectivity index (χ0v) is 13.0. The normalized spacial score (nSPS) is 10.8. The van der Waals surface area contributed by atoms with Crippen molar-refractivity contribution in [1.82, 2.24) is 9.97 Å². The number of benzene rings is 1. The first kappa shape index (κ1) is 14.1. The van der Waals surface area contributed by atoms with Gasteiger partial charge in [-0.1, -0.05) is 11.6 Å². The van der Waals surface area contributed by atoms with Gasteiger partial charge in [0.05, 0.1) is 13.2 Å². The lowest BCUT2D eigenvalue weighted by molar-refractivity contribution is 0.343. The van der Waals surface area contributed by atoms with Crippen molar-refractivity contribution < 1.29 is 4.74 Å². The molecule has 4 nitrogen and oxygen atoms in total. The second-order valence-corrected chi connectivity index (χ2v) is 6.07. The standard InChI is InChI=1S/C15H14ClN3OS/c1-2-20-13-6-5-12(11-4-3-7-17-14(11)13)18-8-10-9-19-15(16)21-10/h3-7,9,18H,2,8H2,1H3. The van der Waals surface area contributed by atoms with E-state index >= 15 is 0 Å². The number of hydrogen-bond donors (Lipinski definition) is 1. The summed E-state index contributed by atoms with van der Waals surface area (Å²) in [4.78, 5) is 9.55. The molecule has 0 unspecified atom stereocenters. The molecule has 0 aliphatic heterocycles. The molecule has 0 radical (unpaired) electrons. The van der Waals surface area contributed by atoms with Crippen LogP contribution in [-0.4, -0.2) is 16.6 Å². The molecule has 3 rings (SSSR count). The van der Waals surface area contributed by atoms with Gasteiger partial charge in [-0.25, -0.2) is 4.98 Å². The van der Waals surface area contributed by atoms with Gasteiger partial charge >= 0.3 is 0 Å². The van der Waals surface area contributed by atoms with E-state index in [4.69, 9.17) is 16.3 Å². The molecule has 0 aliphatic rings. The zero-order valence-electron chi connectivity index (χ0n) is 11.5. The summed E-state index contributed by atoms with van der Waals surface area (Å²) in [6.07, 6.45) is 3.56.